The Bertz CT molecular complexity index is 1060. The van der Waals surface area contributed by atoms with E-state index in [0.717, 1.165) is 39.9 Å². The van der Waals surface area contributed by atoms with Crippen LogP contribution < -0.4 is 9.64 Å². The molecule has 6 nitrogen and oxygen atoms in total. The lowest BCUT2D eigenvalue weighted by molar-refractivity contribution is -0.118. The Morgan fingerprint density at radius 1 is 1.17 bits per heavy atom. The van der Waals surface area contributed by atoms with Crippen LogP contribution in [-0.4, -0.2) is 26.8 Å². The lowest BCUT2D eigenvalue weighted by Crippen LogP contribution is -2.36. The minimum atomic E-state index is -0.664. The summed E-state index contributed by atoms with van der Waals surface area (Å²) in [6.07, 6.45) is 1.52. The maximum Gasteiger partial charge on any atom is 0.247 e. The normalized spacial score (nSPS) is 15.0. The van der Waals surface area contributed by atoms with Crippen molar-refractivity contribution >= 4 is 39.3 Å². The summed E-state index contributed by atoms with van der Waals surface area (Å²) in [5.41, 5.74) is 2.87. The van der Waals surface area contributed by atoms with Gasteiger partial charge >= 0.3 is 0 Å². The predicted molar refractivity (Wildman–Crippen MR) is 122 cm³/mol. The number of thioether (sulfide) groups is 1. The van der Waals surface area contributed by atoms with E-state index in [4.69, 9.17) is 4.74 Å². The van der Waals surface area contributed by atoms with Crippen LogP contribution in [0.15, 0.2) is 58.2 Å². The Morgan fingerprint density at radius 3 is 2.67 bits per heavy atom. The molecule has 0 bridgehead atoms. The van der Waals surface area contributed by atoms with Crippen LogP contribution in [-0.2, 0) is 4.79 Å². The Morgan fingerprint density at radius 2 is 1.93 bits per heavy atom. The largest absolute Gasteiger partial charge is 0.447 e. The van der Waals surface area contributed by atoms with Gasteiger partial charge in [-0.25, -0.2) is 0 Å². The standard InChI is InChI=1S/C22H21BrN4O2S/c1-3-4-13-30-22-24-20-19(25-26-22)17-7-5-6-8-18(17)27(14(2)28)21(29-20)15-9-11-16(23)12-10-15/h5-12,21H,3-4,13H2,1-2H3. The summed E-state index contributed by atoms with van der Waals surface area (Å²) in [6, 6.07) is 15.3. The van der Waals surface area contributed by atoms with E-state index >= 15 is 0 Å². The molecule has 1 amide bonds. The van der Waals surface area contributed by atoms with Crippen molar-refractivity contribution in [3.63, 3.8) is 0 Å². The molecular formula is C22H21BrN4O2S. The number of anilines is 1. The lowest BCUT2D eigenvalue weighted by Gasteiger charge is -2.29. The minimum absolute atomic E-state index is 0.131. The molecule has 2 aromatic carbocycles. The van der Waals surface area contributed by atoms with Crippen molar-refractivity contribution in [2.75, 3.05) is 10.7 Å². The van der Waals surface area contributed by atoms with E-state index in [1.54, 1.807) is 16.7 Å². The third-order valence-corrected chi connectivity index (χ3v) is 6.19. The molecule has 0 spiro atoms. The maximum absolute atomic E-state index is 12.7. The number of rotatable bonds is 5. The molecule has 0 aliphatic carbocycles. The van der Waals surface area contributed by atoms with Gasteiger partial charge in [0.1, 0.15) is 0 Å². The summed E-state index contributed by atoms with van der Waals surface area (Å²) in [4.78, 5) is 19.0. The molecule has 1 unspecified atom stereocenters. The van der Waals surface area contributed by atoms with Crippen LogP contribution in [0.25, 0.3) is 11.3 Å². The zero-order chi connectivity index (χ0) is 21.1. The van der Waals surface area contributed by atoms with Crippen molar-refractivity contribution in [1.29, 1.82) is 0 Å². The highest BCUT2D eigenvalue weighted by atomic mass is 79.9. The Hall–Kier alpha value is -2.45. The number of fused-ring (bicyclic) bond motifs is 3. The van der Waals surface area contributed by atoms with E-state index in [-0.39, 0.29) is 5.91 Å². The fourth-order valence-corrected chi connectivity index (χ4v) is 4.39. The molecule has 154 valence electrons. The second kappa shape index (κ2) is 9.14. The first-order valence-electron chi connectivity index (χ1n) is 9.77. The third kappa shape index (κ3) is 4.20. The summed E-state index contributed by atoms with van der Waals surface area (Å²) in [6.45, 7) is 3.68. The number of hydrogen-bond acceptors (Lipinski definition) is 6. The van der Waals surface area contributed by atoms with E-state index in [1.165, 1.54) is 6.92 Å². The highest BCUT2D eigenvalue weighted by Crippen LogP contribution is 2.43. The molecule has 0 N–H and O–H groups in total. The van der Waals surface area contributed by atoms with Gasteiger partial charge in [-0.05, 0) is 24.6 Å². The summed E-state index contributed by atoms with van der Waals surface area (Å²) < 4.78 is 7.30. The van der Waals surface area contributed by atoms with E-state index in [0.29, 0.717) is 16.7 Å². The number of unbranched alkanes of at least 4 members (excludes halogenated alkanes) is 1. The van der Waals surface area contributed by atoms with Crippen LogP contribution in [0.2, 0.25) is 0 Å². The first-order chi connectivity index (χ1) is 14.6. The zero-order valence-electron chi connectivity index (χ0n) is 16.7. The number of halogens is 1. The number of ether oxygens (including phenoxy) is 1. The molecule has 2 heterocycles. The summed E-state index contributed by atoms with van der Waals surface area (Å²) in [5.74, 6) is 1.17. The average Bonchev–Trinajstić information content (AvgIpc) is 2.89. The molecule has 8 heteroatoms. The van der Waals surface area contributed by atoms with E-state index in [9.17, 15) is 4.79 Å². The van der Waals surface area contributed by atoms with Crippen molar-refractivity contribution in [2.45, 2.75) is 38.1 Å². The van der Waals surface area contributed by atoms with Gasteiger partial charge in [0.05, 0.1) is 5.69 Å². The molecule has 1 aromatic heterocycles. The second-order valence-corrected chi connectivity index (χ2v) is 8.86. The number of benzene rings is 2. The Labute approximate surface area is 188 Å². The van der Waals surface area contributed by atoms with Gasteiger partial charge in [-0.15, -0.1) is 10.2 Å². The Kier molecular flexibility index (Phi) is 6.34. The number of carbonyl (C=O) groups excluding carboxylic acids is 1. The zero-order valence-corrected chi connectivity index (χ0v) is 19.1. The molecule has 1 aliphatic rings. The third-order valence-electron chi connectivity index (χ3n) is 4.74. The van der Waals surface area contributed by atoms with Gasteiger partial charge in [0.25, 0.3) is 0 Å². The van der Waals surface area contributed by atoms with Crippen molar-refractivity contribution < 1.29 is 9.53 Å². The van der Waals surface area contributed by atoms with Crippen LogP contribution in [0.3, 0.4) is 0 Å². The van der Waals surface area contributed by atoms with Gasteiger partial charge < -0.3 is 4.74 Å². The number of carbonyl (C=O) groups is 1. The molecular weight excluding hydrogens is 464 g/mol. The first-order valence-corrected chi connectivity index (χ1v) is 11.5. The van der Waals surface area contributed by atoms with E-state index in [1.807, 2.05) is 48.5 Å². The highest BCUT2D eigenvalue weighted by molar-refractivity contribution is 9.10. The summed E-state index contributed by atoms with van der Waals surface area (Å²) >= 11 is 5.03. The second-order valence-electron chi connectivity index (χ2n) is 6.88. The fourth-order valence-electron chi connectivity index (χ4n) is 3.27. The van der Waals surface area contributed by atoms with Gasteiger partial charge in [0.2, 0.25) is 23.2 Å². The van der Waals surface area contributed by atoms with Crippen LogP contribution in [0, 0.1) is 0 Å². The highest BCUT2D eigenvalue weighted by Gasteiger charge is 2.34. The first kappa shape index (κ1) is 20.8. The fraction of sp³-hybridized carbons (Fsp3) is 0.273. The molecule has 1 atom stereocenters. The van der Waals surface area contributed by atoms with Crippen LogP contribution in [0.1, 0.15) is 38.5 Å². The summed E-state index contributed by atoms with van der Waals surface area (Å²) in [5, 5.41) is 9.30. The summed E-state index contributed by atoms with van der Waals surface area (Å²) in [7, 11) is 0. The molecule has 3 aromatic rings. The number of para-hydroxylation sites is 1. The maximum atomic E-state index is 12.7. The smallest absolute Gasteiger partial charge is 0.247 e. The predicted octanol–water partition coefficient (Wildman–Crippen LogP) is 5.64. The topological polar surface area (TPSA) is 68.2 Å². The van der Waals surface area contributed by atoms with Crippen molar-refractivity contribution in [1.82, 2.24) is 15.2 Å². The minimum Gasteiger partial charge on any atom is -0.447 e. The molecule has 0 radical (unpaired) electrons. The number of amides is 1. The van der Waals surface area contributed by atoms with Gasteiger partial charge in [0, 0.05) is 28.3 Å². The molecule has 0 saturated heterocycles. The lowest BCUT2D eigenvalue weighted by atomic mass is 10.1. The number of hydrogen-bond donors (Lipinski definition) is 0. The quantitative estimate of drug-likeness (QED) is 0.344. The van der Waals surface area contributed by atoms with Crippen molar-refractivity contribution in [3.05, 3.63) is 58.6 Å². The molecule has 0 saturated carbocycles. The van der Waals surface area contributed by atoms with Crippen LogP contribution >= 0.6 is 27.7 Å². The van der Waals surface area contributed by atoms with Gasteiger partial charge in [0.15, 0.2) is 5.69 Å². The van der Waals surface area contributed by atoms with Crippen molar-refractivity contribution in [2.24, 2.45) is 0 Å². The van der Waals surface area contributed by atoms with Crippen LogP contribution in [0.4, 0.5) is 5.69 Å². The molecule has 1 aliphatic heterocycles. The monoisotopic (exact) mass is 484 g/mol. The number of aromatic nitrogens is 3. The molecule has 0 fully saturated rings. The molecule has 4 rings (SSSR count). The van der Waals surface area contributed by atoms with E-state index < -0.39 is 6.23 Å². The van der Waals surface area contributed by atoms with Crippen LogP contribution in [0.5, 0.6) is 5.88 Å². The SMILES string of the molecule is CCCCSc1nnc2c(n1)OC(c1ccc(Br)cc1)N(C(C)=O)c1ccccc1-2. The number of nitrogens with zero attached hydrogens (tertiary/aromatic N) is 4. The van der Waals surface area contributed by atoms with Gasteiger partial charge in [-0.2, -0.15) is 4.98 Å². The average molecular weight is 485 g/mol. The molecule has 30 heavy (non-hydrogen) atoms. The van der Waals surface area contributed by atoms with Gasteiger partial charge in [-0.3, -0.25) is 9.69 Å². The van der Waals surface area contributed by atoms with Gasteiger partial charge in [-0.1, -0.05) is 71.4 Å². The van der Waals surface area contributed by atoms with Crippen molar-refractivity contribution in [3.8, 4) is 17.1 Å². The Balaban J connectivity index is 1.84. The van der Waals surface area contributed by atoms with E-state index in [2.05, 4.69) is 38.0 Å².